The number of rotatable bonds is 9. The summed E-state index contributed by atoms with van der Waals surface area (Å²) in [6.45, 7) is 3.24. The van der Waals surface area contributed by atoms with Gasteiger partial charge in [-0.2, -0.15) is 0 Å². The Balaban J connectivity index is 1.74. The van der Waals surface area contributed by atoms with Crippen LogP contribution < -0.4 is 14.8 Å². The molecule has 0 unspecified atom stereocenters. The molecule has 1 amide bonds. The second-order valence-electron chi connectivity index (χ2n) is 5.10. The van der Waals surface area contributed by atoms with E-state index in [1.807, 2.05) is 30.3 Å². The number of hydrogen-bond donors (Lipinski definition) is 1. The summed E-state index contributed by atoms with van der Waals surface area (Å²) < 4.78 is 11.1. The normalized spacial score (nSPS) is 10.1. The summed E-state index contributed by atoms with van der Waals surface area (Å²) in [5.74, 6) is 1.21. The highest BCUT2D eigenvalue weighted by molar-refractivity contribution is 5.77. The van der Waals surface area contributed by atoms with Crippen LogP contribution in [0.25, 0.3) is 0 Å². The first-order valence-corrected chi connectivity index (χ1v) is 7.79. The summed E-state index contributed by atoms with van der Waals surface area (Å²) in [5, 5.41) is 2.80. The molecule has 0 atom stereocenters. The minimum Gasteiger partial charge on any atom is -0.493 e. The number of pyridine rings is 1. The van der Waals surface area contributed by atoms with Crippen LogP contribution in [0.5, 0.6) is 11.5 Å². The smallest absolute Gasteiger partial charge is 0.258 e. The molecule has 0 aliphatic carbocycles. The second-order valence-corrected chi connectivity index (χ2v) is 5.10. The molecule has 0 fully saturated rings. The van der Waals surface area contributed by atoms with Gasteiger partial charge in [0.2, 0.25) is 0 Å². The maximum atomic E-state index is 11.8. The van der Waals surface area contributed by atoms with Gasteiger partial charge in [0.05, 0.1) is 6.61 Å². The predicted molar refractivity (Wildman–Crippen MR) is 88.4 cm³/mol. The molecule has 2 rings (SSSR count). The van der Waals surface area contributed by atoms with Gasteiger partial charge in [-0.15, -0.1) is 0 Å². The van der Waals surface area contributed by atoms with E-state index in [0.717, 1.165) is 24.2 Å². The van der Waals surface area contributed by atoms with Crippen LogP contribution in [0.3, 0.4) is 0 Å². The van der Waals surface area contributed by atoms with Gasteiger partial charge in [-0.05, 0) is 36.2 Å². The van der Waals surface area contributed by atoms with Crippen LogP contribution >= 0.6 is 0 Å². The molecule has 0 saturated carbocycles. The molecular weight excluding hydrogens is 292 g/mol. The molecule has 0 aliphatic heterocycles. The van der Waals surface area contributed by atoms with Gasteiger partial charge < -0.3 is 14.8 Å². The number of nitrogens with zero attached hydrogens (tertiary/aromatic N) is 1. The van der Waals surface area contributed by atoms with Gasteiger partial charge in [-0.25, -0.2) is 0 Å². The van der Waals surface area contributed by atoms with Crippen LogP contribution in [0.15, 0.2) is 48.8 Å². The molecule has 0 radical (unpaired) electrons. The Morgan fingerprint density at radius 1 is 1.13 bits per heavy atom. The highest BCUT2D eigenvalue weighted by Gasteiger charge is 2.04. The van der Waals surface area contributed by atoms with E-state index in [1.54, 1.807) is 18.5 Å². The minimum atomic E-state index is -0.167. The van der Waals surface area contributed by atoms with Crippen LogP contribution in [-0.2, 0) is 11.3 Å². The fourth-order valence-corrected chi connectivity index (χ4v) is 1.89. The Morgan fingerprint density at radius 3 is 2.61 bits per heavy atom. The molecule has 0 bridgehead atoms. The van der Waals surface area contributed by atoms with Crippen molar-refractivity contribution in [1.29, 1.82) is 0 Å². The third kappa shape index (κ3) is 6.38. The van der Waals surface area contributed by atoms with Crippen molar-refractivity contribution < 1.29 is 14.3 Å². The number of ether oxygens (including phenoxy) is 2. The Kier molecular flexibility index (Phi) is 6.91. The topological polar surface area (TPSA) is 60.5 Å². The molecule has 2 aromatic rings. The summed E-state index contributed by atoms with van der Waals surface area (Å²) >= 11 is 0. The molecule has 1 heterocycles. The molecule has 5 heteroatoms. The van der Waals surface area contributed by atoms with E-state index in [4.69, 9.17) is 9.47 Å². The second kappa shape index (κ2) is 9.46. The van der Waals surface area contributed by atoms with E-state index in [1.165, 1.54) is 0 Å². The van der Waals surface area contributed by atoms with Gasteiger partial charge in [-0.3, -0.25) is 9.78 Å². The Labute approximate surface area is 136 Å². The van der Waals surface area contributed by atoms with E-state index in [0.29, 0.717) is 18.9 Å². The fourth-order valence-electron chi connectivity index (χ4n) is 1.89. The van der Waals surface area contributed by atoms with E-state index in [2.05, 4.69) is 17.2 Å². The summed E-state index contributed by atoms with van der Waals surface area (Å²) in [4.78, 5) is 15.7. The molecule has 0 spiro atoms. The van der Waals surface area contributed by atoms with Crippen molar-refractivity contribution in [3.05, 3.63) is 54.4 Å². The molecule has 5 nitrogen and oxygen atoms in total. The molecule has 1 N–H and O–H groups in total. The van der Waals surface area contributed by atoms with Crippen LogP contribution in [0.1, 0.15) is 25.3 Å². The van der Waals surface area contributed by atoms with E-state index in [9.17, 15) is 4.79 Å². The first-order chi connectivity index (χ1) is 11.3. The number of benzene rings is 1. The standard InChI is InChI=1S/C18H22N2O3/c1-2-3-11-22-16-5-4-6-17(12-16)23-14-18(21)20-13-15-7-9-19-10-8-15/h4-10,12H,2-3,11,13-14H2,1H3,(H,20,21). The molecule has 0 aliphatic rings. The third-order valence-electron chi connectivity index (χ3n) is 3.18. The summed E-state index contributed by atoms with van der Waals surface area (Å²) in [5.41, 5.74) is 1.000. The van der Waals surface area contributed by atoms with Gasteiger partial charge >= 0.3 is 0 Å². The van der Waals surface area contributed by atoms with E-state index < -0.39 is 0 Å². The molecule has 23 heavy (non-hydrogen) atoms. The average Bonchev–Trinajstić information content (AvgIpc) is 2.60. The first-order valence-electron chi connectivity index (χ1n) is 7.79. The Hall–Kier alpha value is -2.56. The molecule has 122 valence electrons. The van der Waals surface area contributed by atoms with Crippen molar-refractivity contribution >= 4 is 5.91 Å². The number of carbonyl (C=O) groups excluding carboxylic acids is 1. The number of unbranched alkanes of at least 4 members (excludes halogenated alkanes) is 1. The largest absolute Gasteiger partial charge is 0.493 e. The van der Waals surface area contributed by atoms with Crippen molar-refractivity contribution in [3.63, 3.8) is 0 Å². The summed E-state index contributed by atoms with van der Waals surface area (Å²) in [7, 11) is 0. The maximum Gasteiger partial charge on any atom is 0.258 e. The van der Waals surface area contributed by atoms with Crippen LogP contribution in [-0.4, -0.2) is 24.1 Å². The Morgan fingerprint density at radius 2 is 1.87 bits per heavy atom. The van der Waals surface area contributed by atoms with E-state index >= 15 is 0 Å². The first kappa shape index (κ1) is 16.8. The Bertz CT molecular complexity index is 602. The van der Waals surface area contributed by atoms with Crippen molar-refractivity contribution in [2.24, 2.45) is 0 Å². The van der Waals surface area contributed by atoms with Gasteiger partial charge in [0.1, 0.15) is 11.5 Å². The zero-order chi connectivity index (χ0) is 16.3. The lowest BCUT2D eigenvalue weighted by Crippen LogP contribution is -2.28. The fraction of sp³-hybridized carbons (Fsp3) is 0.333. The highest BCUT2D eigenvalue weighted by atomic mass is 16.5. The quantitative estimate of drug-likeness (QED) is 0.723. The monoisotopic (exact) mass is 314 g/mol. The highest BCUT2D eigenvalue weighted by Crippen LogP contribution is 2.19. The minimum absolute atomic E-state index is 0.0243. The van der Waals surface area contributed by atoms with Gasteiger partial charge in [0, 0.05) is 25.0 Å². The number of amides is 1. The summed E-state index contributed by atoms with van der Waals surface area (Å²) in [6.07, 6.45) is 5.50. The number of carbonyl (C=O) groups is 1. The van der Waals surface area contributed by atoms with Crippen LogP contribution in [0.4, 0.5) is 0 Å². The zero-order valence-corrected chi connectivity index (χ0v) is 13.3. The van der Waals surface area contributed by atoms with Crippen molar-refractivity contribution in [2.45, 2.75) is 26.3 Å². The third-order valence-corrected chi connectivity index (χ3v) is 3.18. The molecule has 1 aromatic heterocycles. The number of nitrogens with one attached hydrogen (secondary N) is 1. The molecule has 1 aromatic carbocycles. The average molecular weight is 314 g/mol. The van der Waals surface area contributed by atoms with Crippen molar-refractivity contribution in [1.82, 2.24) is 10.3 Å². The molecule has 0 saturated heterocycles. The van der Waals surface area contributed by atoms with Crippen molar-refractivity contribution in [3.8, 4) is 11.5 Å². The summed E-state index contributed by atoms with van der Waals surface area (Å²) in [6, 6.07) is 11.1. The SMILES string of the molecule is CCCCOc1cccc(OCC(=O)NCc2ccncc2)c1. The zero-order valence-electron chi connectivity index (χ0n) is 13.3. The van der Waals surface area contributed by atoms with Gasteiger partial charge in [0.25, 0.3) is 5.91 Å². The number of hydrogen-bond acceptors (Lipinski definition) is 4. The lowest BCUT2D eigenvalue weighted by molar-refractivity contribution is -0.123. The predicted octanol–water partition coefficient (Wildman–Crippen LogP) is 2.96. The molecular formula is C18H22N2O3. The maximum absolute atomic E-state index is 11.8. The van der Waals surface area contributed by atoms with E-state index in [-0.39, 0.29) is 12.5 Å². The van der Waals surface area contributed by atoms with Crippen LogP contribution in [0, 0.1) is 0 Å². The van der Waals surface area contributed by atoms with Crippen LogP contribution in [0.2, 0.25) is 0 Å². The number of aromatic nitrogens is 1. The van der Waals surface area contributed by atoms with Gasteiger partial charge in [-0.1, -0.05) is 19.4 Å². The lowest BCUT2D eigenvalue weighted by Gasteiger charge is -2.09. The van der Waals surface area contributed by atoms with Crippen molar-refractivity contribution in [2.75, 3.05) is 13.2 Å². The van der Waals surface area contributed by atoms with Gasteiger partial charge in [0.15, 0.2) is 6.61 Å². The lowest BCUT2D eigenvalue weighted by atomic mass is 10.3.